The largest absolute Gasteiger partial charge is 0.456 e. The van der Waals surface area contributed by atoms with Crippen molar-refractivity contribution in [2.45, 2.75) is 167 Å². The molecule has 4 rings (SSSR count). The van der Waals surface area contributed by atoms with Crippen molar-refractivity contribution in [3.63, 3.8) is 0 Å². The molecule has 1 unspecified atom stereocenters. The predicted octanol–water partition coefficient (Wildman–Crippen LogP) is 4.60. The number of aliphatic hydroxyl groups excluding tert-OH is 2. The van der Waals surface area contributed by atoms with Gasteiger partial charge in [-0.05, 0) is 108 Å². The highest BCUT2D eigenvalue weighted by Gasteiger charge is 2.56. The summed E-state index contributed by atoms with van der Waals surface area (Å²) in [6.45, 7) is 10.5. The second-order valence-electron chi connectivity index (χ2n) is 18.0. The van der Waals surface area contributed by atoms with E-state index in [9.17, 15) is 39.3 Å². The van der Waals surface area contributed by atoms with E-state index >= 15 is 0 Å². The molecule has 0 aromatic rings. The molecule has 3 fully saturated rings. The zero-order valence-electron chi connectivity index (χ0n) is 37.2. The fourth-order valence-corrected chi connectivity index (χ4v) is 9.63. The minimum Gasteiger partial charge on any atom is -0.456 e. The molecule has 60 heavy (non-hydrogen) atoms. The molecule has 1 amide bonds. The van der Waals surface area contributed by atoms with E-state index in [1.54, 1.807) is 34.0 Å². The summed E-state index contributed by atoms with van der Waals surface area (Å²) in [6, 6.07) is -1.17. The van der Waals surface area contributed by atoms with Crippen LogP contribution in [0.4, 0.5) is 0 Å². The van der Waals surface area contributed by atoms with Gasteiger partial charge in [-0.25, -0.2) is 4.79 Å². The van der Waals surface area contributed by atoms with Crippen LogP contribution in [0.3, 0.4) is 0 Å². The zero-order valence-corrected chi connectivity index (χ0v) is 37.2. The summed E-state index contributed by atoms with van der Waals surface area (Å²) < 4.78 is 29.8. The number of Topliss-reactive ketones (excluding diaryl/α,β-unsaturated/α-hetero) is 2. The Morgan fingerprint density at radius 3 is 2.22 bits per heavy atom. The van der Waals surface area contributed by atoms with Gasteiger partial charge >= 0.3 is 5.97 Å². The average molecular weight is 846 g/mol. The summed E-state index contributed by atoms with van der Waals surface area (Å²) >= 11 is 0. The lowest BCUT2D eigenvalue weighted by molar-refractivity contribution is -0.302. The quantitative estimate of drug-likeness (QED) is 0.133. The smallest absolute Gasteiger partial charge is 0.329 e. The third kappa shape index (κ3) is 12.3. The van der Waals surface area contributed by atoms with Gasteiger partial charge in [-0.1, -0.05) is 44.6 Å². The van der Waals surface area contributed by atoms with Gasteiger partial charge in [-0.2, -0.15) is 0 Å². The van der Waals surface area contributed by atoms with Crippen molar-refractivity contribution in [1.29, 1.82) is 0 Å². The molecule has 0 aromatic carbocycles. The summed E-state index contributed by atoms with van der Waals surface area (Å²) in [7, 11) is 4.57. The molecule has 0 aromatic heterocycles. The molecule has 3 heterocycles. The van der Waals surface area contributed by atoms with Crippen molar-refractivity contribution in [3.05, 3.63) is 35.5 Å². The lowest BCUT2D eigenvalue weighted by atomic mass is 9.81. The summed E-state index contributed by atoms with van der Waals surface area (Å²) in [5, 5.41) is 34.3. The number of carbonyl (C=O) groups excluding carboxylic acids is 5. The number of hydrogen-bond acceptors (Lipinski definition) is 13. The van der Waals surface area contributed by atoms with E-state index in [0.717, 1.165) is 10.5 Å². The van der Waals surface area contributed by atoms with Crippen LogP contribution in [0.5, 0.6) is 0 Å². The van der Waals surface area contributed by atoms with Gasteiger partial charge in [0.05, 0.1) is 30.5 Å². The number of piperidine rings is 1. The number of hydrogen-bond donors (Lipinski definition) is 3. The van der Waals surface area contributed by atoms with Crippen molar-refractivity contribution in [3.8, 4) is 0 Å². The van der Waals surface area contributed by atoms with Crippen molar-refractivity contribution in [1.82, 2.24) is 4.90 Å². The Balaban J connectivity index is 1.80. The number of amides is 1. The first-order valence-corrected chi connectivity index (χ1v) is 21.8. The maximum Gasteiger partial charge on any atom is 0.329 e. The first-order chi connectivity index (χ1) is 28.3. The van der Waals surface area contributed by atoms with E-state index in [1.165, 1.54) is 27.2 Å². The number of methoxy groups -OCH3 is 3. The van der Waals surface area contributed by atoms with Crippen LogP contribution in [0.15, 0.2) is 35.5 Å². The molecule has 1 saturated carbocycles. The minimum atomic E-state index is -2.54. The predicted molar refractivity (Wildman–Crippen MR) is 222 cm³/mol. The number of fused-ring (bicyclic) bond motifs is 3. The van der Waals surface area contributed by atoms with Gasteiger partial charge in [0.2, 0.25) is 5.79 Å². The van der Waals surface area contributed by atoms with Gasteiger partial charge in [0.15, 0.2) is 5.78 Å². The van der Waals surface area contributed by atoms with E-state index < -0.39 is 83.9 Å². The molecule has 0 spiro atoms. The van der Waals surface area contributed by atoms with E-state index in [4.69, 9.17) is 23.7 Å². The van der Waals surface area contributed by atoms with Gasteiger partial charge in [-0.3, -0.25) is 19.2 Å². The van der Waals surface area contributed by atoms with Crippen LogP contribution in [0.25, 0.3) is 0 Å². The Labute approximate surface area is 356 Å². The van der Waals surface area contributed by atoms with Crippen molar-refractivity contribution in [2.24, 2.45) is 29.6 Å². The highest BCUT2D eigenvalue weighted by Crippen LogP contribution is 2.39. The topological polar surface area (TPSA) is 195 Å². The Kier molecular flexibility index (Phi) is 18.4. The summed E-state index contributed by atoms with van der Waals surface area (Å²) in [4.78, 5) is 70.0. The number of ether oxygens (including phenoxy) is 5. The number of carbonyl (C=O) groups is 5. The van der Waals surface area contributed by atoms with E-state index in [2.05, 4.69) is 0 Å². The molecule has 14 heteroatoms. The zero-order chi connectivity index (χ0) is 44.5. The molecule has 1 aliphatic carbocycles. The molecule has 14 nitrogen and oxygen atoms in total. The first kappa shape index (κ1) is 49.5. The Morgan fingerprint density at radius 1 is 0.900 bits per heavy atom. The normalized spacial score (nSPS) is 39.7. The summed E-state index contributed by atoms with van der Waals surface area (Å²) in [6.07, 6.45) is 5.57. The van der Waals surface area contributed by atoms with Crippen LogP contribution in [0, 0.1) is 29.6 Å². The number of esters is 1. The highest BCUT2D eigenvalue weighted by atomic mass is 16.7. The van der Waals surface area contributed by atoms with Crippen LogP contribution in [0.2, 0.25) is 0 Å². The number of cyclic esters (lactones) is 1. The van der Waals surface area contributed by atoms with Gasteiger partial charge in [0.25, 0.3) is 11.7 Å². The second kappa shape index (κ2) is 22.3. The third-order valence-electron chi connectivity index (χ3n) is 13.2. The van der Waals surface area contributed by atoms with E-state index in [0.29, 0.717) is 50.5 Å². The standard InChI is InChI=1S/C46H71NO13/c1-26-19-27(2)21-39(57-8)42-40(58-9)23-29(4)46(55,60-42)43(52)44(53)47-18-11-10-15-34(47)45(54)59-41(28(3)22-32-16-17-35(49)38(24-32)56-7)31(6)36(50)25-37(51)33(20-26)14-12-13-30(5)48/h12-13,20,22,27,29,31-36,38-42,49-50,55H,10-11,14-19,21,23-25H2,1-9H3/b13-12?,26-20+,28-22+/t27-,29+,31+,32+,33+,34?,35+,36-,38+,39-,40-,41+,42+,46+/m1/s1. The van der Waals surface area contributed by atoms with Crippen molar-refractivity contribution < 1.29 is 63.0 Å². The van der Waals surface area contributed by atoms with Crippen molar-refractivity contribution in [2.75, 3.05) is 27.9 Å². The van der Waals surface area contributed by atoms with Crippen LogP contribution in [-0.4, -0.2) is 132 Å². The molecular weight excluding hydrogens is 774 g/mol. The lowest BCUT2D eigenvalue weighted by Crippen LogP contribution is -2.64. The Hall–Kier alpha value is -3.11. The molecule has 2 bridgehead atoms. The van der Waals surface area contributed by atoms with Gasteiger partial charge < -0.3 is 43.9 Å². The van der Waals surface area contributed by atoms with E-state index in [1.807, 2.05) is 26.0 Å². The molecule has 338 valence electrons. The molecule has 14 atom stereocenters. The second-order valence-corrected chi connectivity index (χ2v) is 18.0. The maximum atomic E-state index is 14.4. The summed E-state index contributed by atoms with van der Waals surface area (Å²) in [5.41, 5.74) is 1.52. The first-order valence-electron chi connectivity index (χ1n) is 21.8. The molecule has 3 N–H and O–H groups in total. The number of aliphatic hydroxyl groups is 3. The molecular formula is C46H71NO13. The number of allylic oxidation sites excluding steroid dienone is 5. The average Bonchev–Trinajstić information content (AvgIpc) is 3.21. The minimum absolute atomic E-state index is 0.0380. The highest BCUT2D eigenvalue weighted by molar-refractivity contribution is 6.39. The van der Waals surface area contributed by atoms with Crippen LogP contribution >= 0.6 is 0 Å². The number of nitrogens with zero attached hydrogens (tertiary/aromatic N) is 1. The van der Waals surface area contributed by atoms with Gasteiger partial charge in [0.1, 0.15) is 24.0 Å². The van der Waals surface area contributed by atoms with Gasteiger partial charge in [0, 0.05) is 52.0 Å². The molecule has 2 saturated heterocycles. The number of rotatable bonds is 8. The number of ketones is 3. The lowest BCUT2D eigenvalue weighted by Gasteiger charge is -2.47. The molecule has 4 aliphatic rings. The maximum absolute atomic E-state index is 14.4. The Bertz CT molecular complexity index is 1610. The monoisotopic (exact) mass is 845 g/mol. The Morgan fingerprint density at radius 2 is 1.57 bits per heavy atom. The molecule has 0 radical (unpaired) electrons. The SMILES string of the molecule is CO[C@H]1C[C@H](/C=C(\C)[C@@H]2OC(=O)C3CCCCN3C(=O)C(=O)[C@@]3(O)O[C@@H]([C@H](OC)C[C@H](C)C/C(C)=C/[C@H](CC=CC(C)=O)C(=O)C[C@@H](O)[C@@H]2C)[C@H](OC)C[C@@H]3C)CC[C@@H]1O. The third-order valence-corrected chi connectivity index (χ3v) is 13.2. The van der Waals surface area contributed by atoms with Crippen LogP contribution < -0.4 is 0 Å². The summed E-state index contributed by atoms with van der Waals surface area (Å²) in [5.74, 6) is -8.36. The van der Waals surface area contributed by atoms with E-state index in [-0.39, 0.29) is 61.7 Å². The molecule has 3 aliphatic heterocycles. The fourth-order valence-electron chi connectivity index (χ4n) is 9.63. The van der Waals surface area contributed by atoms with Crippen LogP contribution in [0.1, 0.15) is 112 Å². The van der Waals surface area contributed by atoms with Gasteiger partial charge in [-0.15, -0.1) is 0 Å². The fraction of sp³-hybridized carbons (Fsp3) is 0.761. The van der Waals surface area contributed by atoms with Crippen molar-refractivity contribution >= 4 is 29.2 Å². The van der Waals surface area contributed by atoms with Crippen LogP contribution in [-0.2, 0) is 47.7 Å².